The summed E-state index contributed by atoms with van der Waals surface area (Å²) in [6.07, 6.45) is 0.627. The number of nitrogens with one attached hydrogen (secondary N) is 3. The molecule has 3 heterocycles. The fraction of sp³-hybridized carbons (Fsp3) is 0.500. The van der Waals surface area contributed by atoms with Crippen LogP contribution in [0.4, 0.5) is 10.6 Å². The predicted molar refractivity (Wildman–Crippen MR) is 117 cm³/mol. The Hall–Kier alpha value is -4.10. The van der Waals surface area contributed by atoms with Crippen molar-refractivity contribution in [2.45, 2.75) is 64.3 Å². The number of nitrogens with two attached hydrogens (primary N) is 1. The maximum atomic E-state index is 13.6. The highest BCUT2D eigenvalue weighted by molar-refractivity contribution is 6.05. The van der Waals surface area contributed by atoms with Gasteiger partial charge < -0.3 is 21.1 Å². The molecule has 2 aromatic heterocycles. The van der Waals surface area contributed by atoms with E-state index in [2.05, 4.69) is 36.2 Å². The standard InChI is InChI=1S/C20H27N9O5/c1-20(2,3)34-19(33)24-12(6-7-14(21)30)18(32)29-13(9-11-5-4-8-22-16(11)29)17(31)23-10-15-25-27-28-26-15/h4-5,8,12-13H,6-7,9-10H2,1-3H3,(H2,21,30)(H,23,31)(H,24,33)(H,25,26,27,28)/t12-,13-/m0/s1. The summed E-state index contributed by atoms with van der Waals surface area (Å²) in [4.78, 5) is 55.9. The number of nitrogens with zero attached hydrogens (tertiary/aromatic N) is 5. The molecule has 182 valence electrons. The van der Waals surface area contributed by atoms with Gasteiger partial charge in [0.1, 0.15) is 23.5 Å². The molecule has 0 aromatic carbocycles. The SMILES string of the molecule is CC(C)(C)OC(=O)N[C@@H](CCC(N)=O)C(=O)N1c2ncccc2C[C@H]1C(=O)NCc1nn[nH]n1. The molecule has 34 heavy (non-hydrogen) atoms. The molecule has 1 aliphatic heterocycles. The van der Waals surface area contributed by atoms with Crippen LogP contribution in [0.5, 0.6) is 0 Å². The first kappa shape index (κ1) is 24.5. The van der Waals surface area contributed by atoms with Crippen LogP contribution in [0.2, 0.25) is 0 Å². The largest absolute Gasteiger partial charge is 0.444 e. The number of H-pyrrole nitrogens is 1. The number of carbonyl (C=O) groups excluding carboxylic acids is 4. The Balaban J connectivity index is 1.84. The Morgan fingerprint density at radius 2 is 2.09 bits per heavy atom. The van der Waals surface area contributed by atoms with Gasteiger partial charge in [-0.25, -0.2) is 9.78 Å². The fourth-order valence-electron chi connectivity index (χ4n) is 3.42. The third-order valence-electron chi connectivity index (χ3n) is 4.84. The van der Waals surface area contributed by atoms with Crippen LogP contribution in [0.15, 0.2) is 18.3 Å². The number of primary amides is 1. The minimum Gasteiger partial charge on any atom is -0.444 e. The van der Waals surface area contributed by atoms with Gasteiger partial charge in [0.05, 0.1) is 6.54 Å². The number of alkyl carbamates (subject to hydrolysis) is 1. The van der Waals surface area contributed by atoms with E-state index in [0.29, 0.717) is 11.4 Å². The zero-order valence-electron chi connectivity index (χ0n) is 19.1. The molecule has 0 spiro atoms. The number of ether oxygens (including phenoxy) is 1. The minimum absolute atomic E-state index is 0.00109. The second-order valence-electron chi connectivity index (χ2n) is 8.66. The van der Waals surface area contributed by atoms with E-state index in [-0.39, 0.29) is 31.6 Å². The van der Waals surface area contributed by atoms with E-state index in [4.69, 9.17) is 10.5 Å². The molecule has 2 atom stereocenters. The summed E-state index contributed by atoms with van der Waals surface area (Å²) in [5.41, 5.74) is 5.14. The molecule has 14 heteroatoms. The lowest BCUT2D eigenvalue weighted by atomic mass is 10.1. The van der Waals surface area contributed by atoms with E-state index in [1.807, 2.05) is 0 Å². The summed E-state index contributed by atoms with van der Waals surface area (Å²) >= 11 is 0. The van der Waals surface area contributed by atoms with Gasteiger partial charge in [-0.1, -0.05) is 11.3 Å². The second-order valence-corrected chi connectivity index (χ2v) is 8.66. The summed E-state index contributed by atoms with van der Waals surface area (Å²) < 4.78 is 5.26. The normalized spacial score (nSPS) is 15.9. The van der Waals surface area contributed by atoms with Crippen molar-refractivity contribution in [3.63, 3.8) is 0 Å². The lowest BCUT2D eigenvalue weighted by molar-refractivity contribution is -0.127. The highest BCUT2D eigenvalue weighted by atomic mass is 16.6. The van der Waals surface area contributed by atoms with Crippen LogP contribution in [0, 0.1) is 0 Å². The lowest BCUT2D eigenvalue weighted by Gasteiger charge is -2.29. The van der Waals surface area contributed by atoms with Crippen molar-refractivity contribution >= 4 is 29.6 Å². The quantitative estimate of drug-likeness (QED) is 0.384. The Bertz CT molecular complexity index is 1050. The summed E-state index contributed by atoms with van der Waals surface area (Å²) in [6.45, 7) is 5.03. The van der Waals surface area contributed by atoms with E-state index in [1.165, 1.54) is 11.1 Å². The molecule has 0 bridgehead atoms. The predicted octanol–water partition coefficient (Wildman–Crippen LogP) is -0.672. The van der Waals surface area contributed by atoms with Gasteiger partial charge in [-0.15, -0.1) is 10.2 Å². The summed E-state index contributed by atoms with van der Waals surface area (Å²) in [5.74, 6) is -1.17. The number of aromatic nitrogens is 5. The smallest absolute Gasteiger partial charge is 0.408 e. The van der Waals surface area contributed by atoms with Crippen LogP contribution in [-0.4, -0.2) is 67.1 Å². The molecule has 0 aliphatic carbocycles. The number of anilines is 1. The Kier molecular flexibility index (Phi) is 7.38. The molecule has 0 fully saturated rings. The Labute approximate surface area is 195 Å². The summed E-state index contributed by atoms with van der Waals surface area (Å²) in [6, 6.07) is 1.34. The fourth-order valence-corrected chi connectivity index (χ4v) is 3.42. The first-order chi connectivity index (χ1) is 16.0. The van der Waals surface area contributed by atoms with Gasteiger partial charge in [-0.3, -0.25) is 19.3 Å². The molecular weight excluding hydrogens is 446 g/mol. The van der Waals surface area contributed by atoms with Gasteiger partial charge in [0.2, 0.25) is 11.8 Å². The molecule has 4 amide bonds. The molecule has 0 saturated heterocycles. The maximum Gasteiger partial charge on any atom is 0.408 e. The third kappa shape index (κ3) is 6.24. The monoisotopic (exact) mass is 473 g/mol. The van der Waals surface area contributed by atoms with Crippen molar-refractivity contribution in [2.75, 3.05) is 4.90 Å². The lowest BCUT2D eigenvalue weighted by Crippen LogP contribution is -2.55. The van der Waals surface area contributed by atoms with Gasteiger partial charge in [0, 0.05) is 19.0 Å². The molecule has 2 aromatic rings. The van der Waals surface area contributed by atoms with Crippen LogP contribution in [-0.2, 0) is 32.1 Å². The van der Waals surface area contributed by atoms with E-state index < -0.39 is 41.5 Å². The molecular formula is C20H27N9O5. The number of tetrazole rings is 1. The Morgan fingerprint density at radius 1 is 1.32 bits per heavy atom. The van der Waals surface area contributed by atoms with Crippen LogP contribution in [0.1, 0.15) is 45.0 Å². The minimum atomic E-state index is -1.18. The number of hydrogen-bond acceptors (Lipinski definition) is 9. The number of amides is 4. The summed E-state index contributed by atoms with van der Waals surface area (Å²) in [5, 5.41) is 18.5. The topological polar surface area (TPSA) is 198 Å². The van der Waals surface area contributed by atoms with Crippen molar-refractivity contribution in [1.29, 1.82) is 0 Å². The number of rotatable bonds is 8. The molecule has 14 nitrogen and oxygen atoms in total. The molecule has 5 N–H and O–H groups in total. The van der Waals surface area contributed by atoms with E-state index in [1.54, 1.807) is 32.9 Å². The van der Waals surface area contributed by atoms with Gasteiger partial charge >= 0.3 is 6.09 Å². The number of hydrogen-bond donors (Lipinski definition) is 4. The number of aromatic amines is 1. The number of carbonyl (C=O) groups is 4. The summed E-state index contributed by atoms with van der Waals surface area (Å²) in [7, 11) is 0. The van der Waals surface area contributed by atoms with Gasteiger partial charge in [0.15, 0.2) is 5.82 Å². The average molecular weight is 473 g/mol. The first-order valence-electron chi connectivity index (χ1n) is 10.6. The molecule has 0 saturated carbocycles. The second kappa shape index (κ2) is 10.2. The van der Waals surface area contributed by atoms with Crippen LogP contribution in [0.25, 0.3) is 0 Å². The van der Waals surface area contributed by atoms with Crippen molar-refractivity contribution in [2.24, 2.45) is 5.73 Å². The van der Waals surface area contributed by atoms with E-state index in [0.717, 1.165) is 0 Å². The maximum absolute atomic E-state index is 13.6. The molecule has 0 unspecified atom stereocenters. The van der Waals surface area contributed by atoms with Crippen molar-refractivity contribution < 1.29 is 23.9 Å². The third-order valence-corrected chi connectivity index (χ3v) is 4.84. The molecule has 3 rings (SSSR count). The molecule has 0 radical (unpaired) electrons. The number of pyridine rings is 1. The van der Waals surface area contributed by atoms with Crippen molar-refractivity contribution in [3.8, 4) is 0 Å². The van der Waals surface area contributed by atoms with Crippen molar-refractivity contribution in [3.05, 3.63) is 29.7 Å². The van der Waals surface area contributed by atoms with Gasteiger partial charge in [0.25, 0.3) is 5.91 Å². The van der Waals surface area contributed by atoms with Crippen LogP contribution in [0.3, 0.4) is 0 Å². The zero-order valence-corrected chi connectivity index (χ0v) is 19.1. The number of fused-ring (bicyclic) bond motifs is 1. The molecule has 1 aliphatic rings. The highest BCUT2D eigenvalue weighted by Gasteiger charge is 2.42. The Morgan fingerprint density at radius 3 is 2.74 bits per heavy atom. The zero-order chi connectivity index (χ0) is 24.9. The van der Waals surface area contributed by atoms with Crippen LogP contribution >= 0.6 is 0 Å². The van der Waals surface area contributed by atoms with Gasteiger partial charge in [-0.05, 0) is 38.8 Å². The average Bonchev–Trinajstić information content (AvgIpc) is 3.40. The highest BCUT2D eigenvalue weighted by Crippen LogP contribution is 2.31. The van der Waals surface area contributed by atoms with E-state index in [9.17, 15) is 19.2 Å². The van der Waals surface area contributed by atoms with Crippen molar-refractivity contribution in [1.82, 2.24) is 36.2 Å². The van der Waals surface area contributed by atoms with Gasteiger partial charge in [-0.2, -0.15) is 5.21 Å². The first-order valence-corrected chi connectivity index (χ1v) is 10.6. The van der Waals surface area contributed by atoms with Crippen LogP contribution < -0.4 is 21.3 Å². The van der Waals surface area contributed by atoms with E-state index >= 15 is 0 Å².